The van der Waals surface area contributed by atoms with Crippen molar-refractivity contribution in [2.45, 2.75) is 0 Å². The van der Waals surface area contributed by atoms with Gasteiger partial charge in [-0.2, -0.15) is 4.68 Å². The van der Waals surface area contributed by atoms with E-state index in [1.54, 1.807) is 24.3 Å². The Hall–Kier alpha value is -3.22. The van der Waals surface area contributed by atoms with Crippen molar-refractivity contribution in [2.24, 2.45) is 0 Å². The number of benzene rings is 1. The second kappa shape index (κ2) is 5.41. The number of carbonyl (C=O) groups is 1. The molecule has 0 N–H and O–H groups in total. The molecule has 1 aromatic carbocycles. The summed E-state index contributed by atoms with van der Waals surface area (Å²) in [6.45, 7) is 0. The maximum absolute atomic E-state index is 11.4. The van der Waals surface area contributed by atoms with Crippen LogP contribution in [0, 0.1) is 0 Å². The molecular weight excluding hydrogens is 272 g/mol. The summed E-state index contributed by atoms with van der Waals surface area (Å²) in [5.41, 5.74) is 0.475. The highest BCUT2D eigenvalue weighted by atomic mass is 16.4. The van der Waals surface area contributed by atoms with Crippen LogP contribution in [0.3, 0.4) is 0 Å². The van der Waals surface area contributed by atoms with Crippen molar-refractivity contribution in [1.29, 1.82) is 0 Å². The van der Waals surface area contributed by atoms with Crippen LogP contribution in [0.2, 0.25) is 0 Å². The van der Waals surface area contributed by atoms with Gasteiger partial charge in [-0.1, -0.05) is 30.3 Å². The first kappa shape index (κ1) is 12.8. The fourth-order valence-corrected chi connectivity index (χ4v) is 1.83. The van der Waals surface area contributed by atoms with Gasteiger partial charge in [-0.25, -0.2) is 0 Å². The lowest BCUT2D eigenvalue weighted by Crippen LogP contribution is -2.27. The summed E-state index contributed by atoms with van der Waals surface area (Å²) in [6, 6.07) is 12.3. The third kappa shape index (κ3) is 2.57. The third-order valence-electron chi connectivity index (χ3n) is 2.76. The molecule has 0 bridgehead atoms. The second-order valence-electron chi connectivity index (χ2n) is 4.11. The van der Waals surface area contributed by atoms with E-state index in [0.717, 1.165) is 4.68 Å². The molecule has 0 atom stereocenters. The highest BCUT2D eigenvalue weighted by molar-refractivity contribution is 6.13. The van der Waals surface area contributed by atoms with Gasteiger partial charge in [-0.05, 0) is 22.6 Å². The van der Waals surface area contributed by atoms with Crippen LogP contribution in [-0.2, 0) is 4.79 Å². The molecule has 3 rings (SSSR count). The van der Waals surface area contributed by atoms with Crippen molar-refractivity contribution in [2.75, 3.05) is 0 Å². The van der Waals surface area contributed by atoms with Crippen molar-refractivity contribution < 1.29 is 14.3 Å². The minimum absolute atomic E-state index is 0.214. The average Bonchev–Trinajstić information content (AvgIpc) is 3.17. The Kier molecular flexibility index (Phi) is 3.30. The first-order chi connectivity index (χ1) is 10.3. The van der Waals surface area contributed by atoms with Crippen LogP contribution in [0.4, 0.5) is 0 Å². The van der Waals surface area contributed by atoms with Crippen molar-refractivity contribution >= 4 is 17.7 Å². The Balaban J connectivity index is 2.11. The molecule has 0 amide bonds. The monoisotopic (exact) mass is 281 g/mol. The van der Waals surface area contributed by atoms with E-state index in [1.807, 2.05) is 18.2 Å². The summed E-state index contributed by atoms with van der Waals surface area (Å²) in [4.78, 5) is 11.4. The Morgan fingerprint density at radius 2 is 2.00 bits per heavy atom. The Morgan fingerprint density at radius 3 is 2.67 bits per heavy atom. The number of nitrogens with zero attached hydrogens (tertiary/aromatic N) is 4. The van der Waals surface area contributed by atoms with E-state index in [4.69, 9.17) is 4.42 Å². The van der Waals surface area contributed by atoms with Gasteiger partial charge in [0.1, 0.15) is 5.76 Å². The number of hydrogen-bond donors (Lipinski definition) is 0. The number of carboxylic acids is 1. The van der Waals surface area contributed by atoms with Crippen LogP contribution >= 0.6 is 0 Å². The zero-order chi connectivity index (χ0) is 14.7. The topological polar surface area (TPSA) is 96.9 Å². The molecule has 0 aliphatic carbocycles. The summed E-state index contributed by atoms with van der Waals surface area (Å²) >= 11 is 0. The molecule has 7 nitrogen and oxygen atoms in total. The first-order valence-electron chi connectivity index (χ1n) is 6.06. The number of carboxylic acid groups (broad SMARTS) is 1. The first-order valence-corrected chi connectivity index (χ1v) is 6.06. The zero-order valence-corrected chi connectivity index (χ0v) is 10.7. The quantitative estimate of drug-likeness (QED) is 0.652. The number of rotatable bonds is 4. The standard InChI is InChI=1S/C14H10N4O3/c19-14(20)12(9-11-7-4-8-21-11)18-13(15-16-17-18)10-5-2-1-3-6-10/h1-9H,(H,19,20)/p-1. The Bertz CT molecular complexity index is 776. The molecule has 21 heavy (non-hydrogen) atoms. The van der Waals surface area contributed by atoms with Crippen LogP contribution in [0.25, 0.3) is 23.2 Å². The lowest BCUT2D eigenvalue weighted by Gasteiger charge is -2.09. The van der Waals surface area contributed by atoms with Gasteiger partial charge >= 0.3 is 0 Å². The Labute approximate surface area is 119 Å². The van der Waals surface area contributed by atoms with Crippen LogP contribution in [0.5, 0.6) is 0 Å². The van der Waals surface area contributed by atoms with E-state index >= 15 is 0 Å². The van der Waals surface area contributed by atoms with Gasteiger partial charge in [-0.15, -0.1) is 5.10 Å². The SMILES string of the molecule is O=C([O-])C(=Cc1ccco1)n1nnnc1-c1ccccc1. The highest BCUT2D eigenvalue weighted by Gasteiger charge is 2.14. The van der Waals surface area contributed by atoms with Gasteiger partial charge in [-0.3, -0.25) is 0 Å². The lowest BCUT2D eigenvalue weighted by molar-refractivity contribution is -0.296. The van der Waals surface area contributed by atoms with Crippen molar-refractivity contribution in [3.05, 3.63) is 54.5 Å². The lowest BCUT2D eigenvalue weighted by atomic mass is 10.2. The van der Waals surface area contributed by atoms with Gasteiger partial charge in [0.2, 0.25) is 0 Å². The van der Waals surface area contributed by atoms with Gasteiger partial charge in [0.05, 0.1) is 17.9 Å². The minimum Gasteiger partial charge on any atom is -0.543 e. The molecule has 0 saturated heterocycles. The van der Waals surface area contributed by atoms with Crippen molar-refractivity contribution in [3.8, 4) is 11.4 Å². The van der Waals surface area contributed by atoms with Gasteiger partial charge < -0.3 is 14.3 Å². The van der Waals surface area contributed by atoms with Crippen molar-refractivity contribution in [1.82, 2.24) is 20.2 Å². The maximum Gasteiger partial charge on any atom is 0.187 e. The van der Waals surface area contributed by atoms with E-state index < -0.39 is 5.97 Å². The third-order valence-corrected chi connectivity index (χ3v) is 2.76. The summed E-state index contributed by atoms with van der Waals surface area (Å²) in [5, 5.41) is 22.5. The normalized spacial score (nSPS) is 11.5. The fraction of sp³-hybridized carbons (Fsp3) is 0. The summed E-state index contributed by atoms with van der Waals surface area (Å²) in [6.07, 6.45) is 2.74. The van der Waals surface area contributed by atoms with E-state index in [1.165, 1.54) is 12.3 Å². The maximum atomic E-state index is 11.4. The number of carbonyl (C=O) groups excluding carboxylic acids is 1. The summed E-state index contributed by atoms with van der Waals surface area (Å²) in [5.74, 6) is -0.739. The minimum atomic E-state index is -1.41. The van der Waals surface area contributed by atoms with Crippen LogP contribution in [0.1, 0.15) is 5.76 Å². The molecule has 7 heteroatoms. The van der Waals surface area contributed by atoms with E-state index in [2.05, 4.69) is 15.5 Å². The van der Waals surface area contributed by atoms with Crippen LogP contribution < -0.4 is 5.11 Å². The van der Waals surface area contributed by atoms with Gasteiger partial charge in [0.15, 0.2) is 5.82 Å². The number of tetrazole rings is 1. The second-order valence-corrected chi connectivity index (χ2v) is 4.11. The predicted octanol–water partition coefficient (Wildman–Crippen LogP) is 0.681. The molecule has 0 aliphatic rings. The molecule has 3 aromatic rings. The molecule has 0 spiro atoms. The largest absolute Gasteiger partial charge is 0.543 e. The molecule has 0 fully saturated rings. The summed E-state index contributed by atoms with van der Waals surface area (Å²) < 4.78 is 6.21. The number of aromatic nitrogens is 4. The predicted molar refractivity (Wildman–Crippen MR) is 71.1 cm³/mol. The highest BCUT2D eigenvalue weighted by Crippen LogP contribution is 2.19. The van der Waals surface area contributed by atoms with Crippen LogP contribution in [0.15, 0.2) is 53.1 Å². The molecule has 0 radical (unpaired) electrons. The molecule has 0 unspecified atom stereocenters. The Morgan fingerprint density at radius 1 is 1.19 bits per heavy atom. The zero-order valence-electron chi connectivity index (χ0n) is 10.7. The van der Waals surface area contributed by atoms with Crippen LogP contribution in [-0.4, -0.2) is 26.2 Å². The molecule has 0 aliphatic heterocycles. The number of hydrogen-bond acceptors (Lipinski definition) is 6. The molecular formula is C14H9N4O3-. The summed E-state index contributed by atoms with van der Waals surface area (Å²) in [7, 11) is 0. The smallest absolute Gasteiger partial charge is 0.187 e. The molecule has 0 saturated carbocycles. The van der Waals surface area contributed by atoms with E-state index in [9.17, 15) is 9.90 Å². The molecule has 2 aromatic heterocycles. The number of furan rings is 1. The van der Waals surface area contributed by atoms with E-state index in [-0.39, 0.29) is 5.70 Å². The number of aliphatic carboxylic acids is 1. The fourth-order valence-electron chi connectivity index (χ4n) is 1.83. The molecule has 2 heterocycles. The van der Waals surface area contributed by atoms with Crippen molar-refractivity contribution in [3.63, 3.8) is 0 Å². The van der Waals surface area contributed by atoms with Gasteiger partial charge in [0.25, 0.3) is 0 Å². The van der Waals surface area contributed by atoms with E-state index in [0.29, 0.717) is 17.1 Å². The van der Waals surface area contributed by atoms with Gasteiger partial charge in [0, 0.05) is 11.6 Å². The molecule has 104 valence electrons. The average molecular weight is 281 g/mol.